The fraction of sp³-hybridized carbons (Fsp3) is 0.438. The molecule has 0 unspecified atom stereocenters. The Morgan fingerprint density at radius 1 is 1.10 bits per heavy atom. The zero-order valence-corrected chi connectivity index (χ0v) is 12.5. The van der Waals surface area contributed by atoms with Crippen molar-refractivity contribution in [1.82, 2.24) is 19.9 Å². The average molecular weight is 284 g/mol. The summed E-state index contributed by atoms with van der Waals surface area (Å²) >= 11 is 0. The summed E-state index contributed by atoms with van der Waals surface area (Å²) < 4.78 is 5.83. The number of morpholine rings is 1. The van der Waals surface area contributed by atoms with Crippen LogP contribution in [0.2, 0.25) is 0 Å². The highest BCUT2D eigenvalue weighted by atomic mass is 16.5. The van der Waals surface area contributed by atoms with E-state index in [-0.39, 0.29) is 6.10 Å². The monoisotopic (exact) mass is 284 g/mol. The summed E-state index contributed by atoms with van der Waals surface area (Å²) in [5.41, 5.74) is 4.12. The third-order valence-electron chi connectivity index (χ3n) is 3.66. The van der Waals surface area contributed by atoms with Crippen molar-refractivity contribution in [2.45, 2.75) is 26.5 Å². The number of rotatable bonds is 3. The SMILES string of the molecule is Cc1ccc(CN2CCO[C@H](c3cnc(C)cn3)C2)cn1. The van der Waals surface area contributed by atoms with Crippen LogP contribution < -0.4 is 0 Å². The van der Waals surface area contributed by atoms with Gasteiger partial charge in [-0.1, -0.05) is 6.07 Å². The minimum atomic E-state index is 0.00487. The molecule has 1 aliphatic rings. The predicted octanol–water partition coefficient (Wildman–Crippen LogP) is 2.06. The lowest BCUT2D eigenvalue weighted by Gasteiger charge is -2.32. The normalized spacial score (nSPS) is 19.6. The number of pyridine rings is 1. The molecular weight excluding hydrogens is 264 g/mol. The maximum absolute atomic E-state index is 5.83. The Balaban J connectivity index is 1.65. The Labute approximate surface area is 125 Å². The summed E-state index contributed by atoms with van der Waals surface area (Å²) in [6, 6.07) is 4.19. The molecule has 0 radical (unpaired) electrons. The van der Waals surface area contributed by atoms with E-state index in [1.165, 1.54) is 5.56 Å². The zero-order valence-electron chi connectivity index (χ0n) is 12.5. The molecule has 2 aromatic rings. The van der Waals surface area contributed by atoms with Crippen molar-refractivity contribution in [2.75, 3.05) is 19.7 Å². The third-order valence-corrected chi connectivity index (χ3v) is 3.66. The second-order valence-electron chi connectivity index (χ2n) is 5.49. The molecule has 0 spiro atoms. The molecule has 21 heavy (non-hydrogen) atoms. The van der Waals surface area contributed by atoms with Crippen LogP contribution in [0.3, 0.4) is 0 Å². The average Bonchev–Trinajstić information content (AvgIpc) is 2.51. The molecule has 0 amide bonds. The van der Waals surface area contributed by atoms with Gasteiger partial charge in [0.15, 0.2) is 0 Å². The summed E-state index contributed by atoms with van der Waals surface area (Å²) in [5.74, 6) is 0. The number of aryl methyl sites for hydroxylation is 2. The Hall–Kier alpha value is -1.85. The van der Waals surface area contributed by atoms with Crippen LogP contribution in [0.4, 0.5) is 0 Å². The van der Waals surface area contributed by atoms with Crippen molar-refractivity contribution in [1.29, 1.82) is 0 Å². The number of ether oxygens (including phenoxy) is 1. The molecule has 3 rings (SSSR count). The summed E-state index contributed by atoms with van der Waals surface area (Å²) in [7, 11) is 0. The number of aromatic nitrogens is 3. The maximum atomic E-state index is 5.83. The first-order chi connectivity index (χ1) is 10.2. The second kappa shape index (κ2) is 6.28. The Morgan fingerprint density at radius 2 is 1.95 bits per heavy atom. The van der Waals surface area contributed by atoms with Crippen LogP contribution in [0.5, 0.6) is 0 Å². The Kier molecular flexibility index (Phi) is 4.22. The molecule has 2 aromatic heterocycles. The van der Waals surface area contributed by atoms with E-state index in [1.54, 1.807) is 6.20 Å². The van der Waals surface area contributed by atoms with Crippen LogP contribution in [0.1, 0.15) is 28.7 Å². The quantitative estimate of drug-likeness (QED) is 0.863. The molecule has 5 nitrogen and oxygen atoms in total. The molecule has 1 aliphatic heterocycles. The maximum Gasteiger partial charge on any atom is 0.114 e. The van der Waals surface area contributed by atoms with E-state index in [0.29, 0.717) is 0 Å². The molecule has 3 heterocycles. The van der Waals surface area contributed by atoms with Crippen LogP contribution in [0.15, 0.2) is 30.7 Å². The van der Waals surface area contributed by atoms with E-state index in [9.17, 15) is 0 Å². The number of hydrogen-bond donors (Lipinski definition) is 0. The van der Waals surface area contributed by atoms with Crippen molar-refractivity contribution >= 4 is 0 Å². The summed E-state index contributed by atoms with van der Waals surface area (Å²) in [4.78, 5) is 15.5. The Morgan fingerprint density at radius 3 is 2.67 bits per heavy atom. The minimum Gasteiger partial charge on any atom is -0.369 e. The van der Waals surface area contributed by atoms with Gasteiger partial charge in [0, 0.05) is 37.7 Å². The van der Waals surface area contributed by atoms with Gasteiger partial charge in [-0.25, -0.2) is 0 Å². The van der Waals surface area contributed by atoms with Gasteiger partial charge < -0.3 is 4.74 Å². The molecule has 1 saturated heterocycles. The lowest BCUT2D eigenvalue weighted by molar-refractivity contribution is -0.0352. The van der Waals surface area contributed by atoms with Crippen molar-refractivity contribution in [3.05, 3.63) is 53.4 Å². The topological polar surface area (TPSA) is 51.1 Å². The fourth-order valence-corrected chi connectivity index (χ4v) is 2.44. The number of nitrogens with zero attached hydrogens (tertiary/aromatic N) is 4. The van der Waals surface area contributed by atoms with Crippen LogP contribution >= 0.6 is 0 Å². The summed E-state index contributed by atoms with van der Waals surface area (Å²) in [6.07, 6.45) is 5.56. The zero-order chi connectivity index (χ0) is 14.7. The largest absolute Gasteiger partial charge is 0.369 e. The highest BCUT2D eigenvalue weighted by molar-refractivity contribution is 5.13. The van der Waals surface area contributed by atoms with E-state index >= 15 is 0 Å². The van der Waals surface area contributed by atoms with Crippen LogP contribution in [0, 0.1) is 13.8 Å². The minimum absolute atomic E-state index is 0.00487. The van der Waals surface area contributed by atoms with Crippen molar-refractivity contribution in [3.63, 3.8) is 0 Å². The van der Waals surface area contributed by atoms with Gasteiger partial charge in [0.2, 0.25) is 0 Å². The first-order valence-electron chi connectivity index (χ1n) is 7.25. The summed E-state index contributed by atoms with van der Waals surface area (Å²) in [5, 5.41) is 0. The molecule has 0 saturated carbocycles. The van der Waals surface area contributed by atoms with Gasteiger partial charge >= 0.3 is 0 Å². The smallest absolute Gasteiger partial charge is 0.114 e. The molecule has 0 bridgehead atoms. The van der Waals surface area contributed by atoms with Crippen molar-refractivity contribution in [2.24, 2.45) is 0 Å². The van der Waals surface area contributed by atoms with Crippen molar-refractivity contribution < 1.29 is 4.74 Å². The fourth-order valence-electron chi connectivity index (χ4n) is 2.44. The first-order valence-corrected chi connectivity index (χ1v) is 7.25. The standard InChI is InChI=1S/C16H20N4O/c1-12-3-4-14(8-17-12)10-20-5-6-21-16(11-20)15-9-18-13(2)7-19-15/h3-4,7-9,16H,5-6,10-11H2,1-2H3/t16-/m0/s1. The van der Waals surface area contributed by atoms with E-state index in [2.05, 4.69) is 32.0 Å². The molecule has 5 heteroatoms. The van der Waals surface area contributed by atoms with E-state index in [0.717, 1.165) is 43.3 Å². The highest BCUT2D eigenvalue weighted by Crippen LogP contribution is 2.21. The molecular formula is C16H20N4O. The van der Waals surface area contributed by atoms with Crippen LogP contribution in [-0.4, -0.2) is 39.5 Å². The van der Waals surface area contributed by atoms with Gasteiger partial charge in [-0.3, -0.25) is 19.9 Å². The highest BCUT2D eigenvalue weighted by Gasteiger charge is 2.23. The van der Waals surface area contributed by atoms with Gasteiger partial charge in [-0.15, -0.1) is 0 Å². The van der Waals surface area contributed by atoms with E-state index < -0.39 is 0 Å². The molecule has 0 aliphatic carbocycles. The third kappa shape index (κ3) is 3.62. The number of hydrogen-bond acceptors (Lipinski definition) is 5. The molecule has 1 atom stereocenters. The van der Waals surface area contributed by atoms with Gasteiger partial charge in [-0.05, 0) is 25.5 Å². The molecule has 0 aromatic carbocycles. The van der Waals surface area contributed by atoms with Gasteiger partial charge in [0.1, 0.15) is 6.10 Å². The summed E-state index contributed by atoms with van der Waals surface area (Å²) in [6.45, 7) is 7.33. The van der Waals surface area contributed by atoms with Crippen LogP contribution in [0.25, 0.3) is 0 Å². The van der Waals surface area contributed by atoms with Gasteiger partial charge in [0.25, 0.3) is 0 Å². The molecule has 110 valence electrons. The lowest BCUT2D eigenvalue weighted by atomic mass is 10.2. The van der Waals surface area contributed by atoms with Gasteiger partial charge in [-0.2, -0.15) is 0 Å². The first kappa shape index (κ1) is 14.1. The predicted molar refractivity (Wildman–Crippen MR) is 79.7 cm³/mol. The lowest BCUT2D eigenvalue weighted by Crippen LogP contribution is -2.38. The van der Waals surface area contributed by atoms with E-state index in [4.69, 9.17) is 4.74 Å². The van der Waals surface area contributed by atoms with E-state index in [1.807, 2.05) is 26.2 Å². The Bertz CT molecular complexity index is 582. The van der Waals surface area contributed by atoms with Gasteiger partial charge in [0.05, 0.1) is 24.2 Å². The molecule has 0 N–H and O–H groups in total. The molecule has 1 fully saturated rings. The van der Waals surface area contributed by atoms with Crippen molar-refractivity contribution in [3.8, 4) is 0 Å². The van der Waals surface area contributed by atoms with Crippen LogP contribution in [-0.2, 0) is 11.3 Å². The second-order valence-corrected chi connectivity index (χ2v) is 5.49.